The van der Waals surface area contributed by atoms with Crippen molar-refractivity contribution in [1.29, 1.82) is 0 Å². The summed E-state index contributed by atoms with van der Waals surface area (Å²) in [6.45, 7) is 8.51. The molecule has 0 spiro atoms. The number of nitrogens with one attached hydrogen (secondary N) is 1. The molecule has 4 rings (SSSR count). The molecule has 1 N–H and O–H groups in total. The smallest absolute Gasteiger partial charge is 0.161 e. The second kappa shape index (κ2) is 10.8. The number of hydrogen-bond acceptors (Lipinski definition) is 5. The molecular formula is C29H37NO4Si. The highest BCUT2D eigenvalue weighted by Gasteiger charge is 2.30. The van der Waals surface area contributed by atoms with E-state index >= 15 is 0 Å². The van der Waals surface area contributed by atoms with Gasteiger partial charge >= 0.3 is 0 Å². The molecule has 0 amide bonds. The molecule has 0 aliphatic carbocycles. The molecule has 0 fully saturated rings. The molecule has 3 aromatic carbocycles. The van der Waals surface area contributed by atoms with Gasteiger partial charge in [0.25, 0.3) is 0 Å². The van der Waals surface area contributed by atoms with Gasteiger partial charge in [0.1, 0.15) is 6.61 Å². The van der Waals surface area contributed by atoms with E-state index in [2.05, 4.69) is 55.3 Å². The fourth-order valence-corrected chi connectivity index (χ4v) is 7.07. The number of hydrogen-bond donors (Lipinski definition) is 1. The van der Waals surface area contributed by atoms with Crippen molar-refractivity contribution in [1.82, 2.24) is 5.32 Å². The maximum absolute atomic E-state index is 6.18. The molecule has 0 radical (unpaired) electrons. The minimum atomic E-state index is -1.71. The Morgan fingerprint density at radius 3 is 2.26 bits per heavy atom. The Hall–Kier alpha value is -2.96. The summed E-state index contributed by atoms with van der Waals surface area (Å²) in [5.74, 6) is 3.24. The van der Waals surface area contributed by atoms with Crippen molar-refractivity contribution in [2.45, 2.75) is 45.1 Å². The molecule has 5 nitrogen and oxygen atoms in total. The Morgan fingerprint density at radius 2 is 1.60 bits per heavy atom. The summed E-state index contributed by atoms with van der Waals surface area (Å²) in [7, 11) is 3.43. The fraction of sp³-hybridized carbons (Fsp3) is 0.379. The van der Waals surface area contributed by atoms with E-state index in [0.717, 1.165) is 47.9 Å². The molecule has 186 valence electrons. The summed E-state index contributed by atoms with van der Waals surface area (Å²) in [5.41, 5.74) is 5.04. The lowest BCUT2D eigenvalue weighted by atomic mass is 9.89. The zero-order chi connectivity index (χ0) is 25.0. The normalized spacial score (nSPS) is 15.3. The first kappa shape index (κ1) is 25.1. The van der Waals surface area contributed by atoms with Gasteiger partial charge in [-0.1, -0.05) is 56.0 Å². The largest absolute Gasteiger partial charge is 0.493 e. The average Bonchev–Trinajstić information content (AvgIpc) is 2.86. The first-order valence-corrected chi connectivity index (χ1v) is 15.7. The van der Waals surface area contributed by atoms with E-state index in [1.54, 1.807) is 21.3 Å². The van der Waals surface area contributed by atoms with Crippen LogP contribution in [0.4, 0.5) is 0 Å². The number of methoxy groups -OCH3 is 3. The molecule has 0 bridgehead atoms. The van der Waals surface area contributed by atoms with Crippen LogP contribution in [0.15, 0.2) is 54.6 Å². The molecule has 0 saturated heterocycles. The molecule has 1 aliphatic heterocycles. The standard InChI is InChI=1S/C29H37NO4Si/c1-31-25-13-12-22(29(28(25)33-3)35(4,5)6)16-24-23-18-26(32-2)27(17-21(23)14-15-30-24)34-19-20-10-8-7-9-11-20/h7-13,17-18,24,30H,14-16,19H2,1-6H3/t24-/m0/s1. The quantitative estimate of drug-likeness (QED) is 0.414. The summed E-state index contributed by atoms with van der Waals surface area (Å²) in [6.07, 6.45) is 1.84. The lowest BCUT2D eigenvalue weighted by Crippen LogP contribution is -2.42. The van der Waals surface area contributed by atoms with Gasteiger partial charge in [0, 0.05) is 6.04 Å². The van der Waals surface area contributed by atoms with E-state index in [0.29, 0.717) is 6.61 Å². The van der Waals surface area contributed by atoms with Gasteiger partial charge < -0.3 is 24.3 Å². The minimum Gasteiger partial charge on any atom is -0.493 e. The van der Waals surface area contributed by atoms with Crippen molar-refractivity contribution < 1.29 is 18.9 Å². The Bertz CT molecular complexity index is 1160. The van der Waals surface area contributed by atoms with Crippen molar-refractivity contribution >= 4 is 13.3 Å². The Morgan fingerprint density at radius 1 is 0.857 bits per heavy atom. The predicted molar refractivity (Wildman–Crippen MR) is 144 cm³/mol. The van der Waals surface area contributed by atoms with Crippen molar-refractivity contribution in [2.24, 2.45) is 0 Å². The zero-order valence-electron chi connectivity index (χ0n) is 21.7. The van der Waals surface area contributed by atoms with E-state index in [1.165, 1.54) is 21.9 Å². The minimum absolute atomic E-state index is 0.184. The maximum Gasteiger partial charge on any atom is 0.161 e. The van der Waals surface area contributed by atoms with Gasteiger partial charge in [0.2, 0.25) is 0 Å². The van der Waals surface area contributed by atoms with E-state index in [-0.39, 0.29) is 6.04 Å². The number of benzene rings is 3. The highest BCUT2D eigenvalue weighted by molar-refractivity contribution is 6.89. The summed E-state index contributed by atoms with van der Waals surface area (Å²) >= 11 is 0. The van der Waals surface area contributed by atoms with Gasteiger partial charge in [-0.05, 0) is 65.0 Å². The topological polar surface area (TPSA) is 49.0 Å². The summed E-state index contributed by atoms with van der Waals surface area (Å²) in [6, 6.07) is 19.0. The third-order valence-electron chi connectivity index (χ3n) is 6.63. The van der Waals surface area contributed by atoms with Crippen molar-refractivity contribution in [3.05, 3.63) is 76.9 Å². The van der Waals surface area contributed by atoms with Gasteiger partial charge in [-0.15, -0.1) is 0 Å². The third-order valence-corrected chi connectivity index (χ3v) is 8.68. The highest BCUT2D eigenvalue weighted by Crippen LogP contribution is 2.38. The van der Waals surface area contributed by atoms with Crippen LogP contribution in [0.3, 0.4) is 0 Å². The molecule has 1 heterocycles. The van der Waals surface area contributed by atoms with Crippen LogP contribution >= 0.6 is 0 Å². The summed E-state index contributed by atoms with van der Waals surface area (Å²) in [4.78, 5) is 0. The van der Waals surface area contributed by atoms with Crippen molar-refractivity contribution in [3.8, 4) is 23.0 Å². The SMILES string of the molecule is COc1cc2c(cc1OCc1ccccc1)CCN[C@H]2Cc1ccc(OC)c(OC)c1[Si](C)(C)C. The second-order valence-corrected chi connectivity index (χ2v) is 15.0. The fourth-order valence-electron chi connectivity index (χ4n) is 5.02. The monoisotopic (exact) mass is 491 g/mol. The molecule has 1 aliphatic rings. The Kier molecular flexibility index (Phi) is 7.72. The van der Waals surface area contributed by atoms with Crippen LogP contribution in [0.2, 0.25) is 19.6 Å². The van der Waals surface area contributed by atoms with Crippen molar-refractivity contribution in [3.63, 3.8) is 0 Å². The average molecular weight is 492 g/mol. The second-order valence-electron chi connectivity index (χ2n) is 10.0. The van der Waals surface area contributed by atoms with Gasteiger partial charge in [-0.2, -0.15) is 0 Å². The molecule has 0 unspecified atom stereocenters. The van der Waals surface area contributed by atoms with Gasteiger partial charge in [0.15, 0.2) is 23.0 Å². The molecular weight excluding hydrogens is 454 g/mol. The molecule has 6 heteroatoms. The number of ether oxygens (including phenoxy) is 4. The van der Waals surface area contributed by atoms with Gasteiger partial charge in [0.05, 0.1) is 29.4 Å². The van der Waals surface area contributed by atoms with Crippen LogP contribution in [-0.2, 0) is 19.4 Å². The highest BCUT2D eigenvalue weighted by atomic mass is 28.3. The Labute approximate surface area is 210 Å². The lowest BCUT2D eigenvalue weighted by Gasteiger charge is -2.31. The van der Waals surface area contributed by atoms with E-state index in [9.17, 15) is 0 Å². The van der Waals surface area contributed by atoms with E-state index < -0.39 is 8.07 Å². The summed E-state index contributed by atoms with van der Waals surface area (Å²) in [5, 5.41) is 5.07. The molecule has 35 heavy (non-hydrogen) atoms. The van der Waals surface area contributed by atoms with Crippen LogP contribution in [-0.4, -0.2) is 35.9 Å². The Balaban J connectivity index is 1.66. The van der Waals surface area contributed by atoms with Gasteiger partial charge in [-0.25, -0.2) is 0 Å². The number of fused-ring (bicyclic) bond motifs is 1. The van der Waals surface area contributed by atoms with Crippen LogP contribution in [0.25, 0.3) is 0 Å². The van der Waals surface area contributed by atoms with Crippen LogP contribution in [0.1, 0.15) is 28.3 Å². The van der Waals surface area contributed by atoms with Crippen LogP contribution in [0.5, 0.6) is 23.0 Å². The van der Waals surface area contributed by atoms with E-state index in [1.807, 2.05) is 24.3 Å². The molecule has 1 atom stereocenters. The molecule has 0 aromatic heterocycles. The summed E-state index contributed by atoms with van der Waals surface area (Å²) < 4.78 is 23.4. The first-order valence-electron chi connectivity index (χ1n) is 12.2. The molecule has 3 aromatic rings. The lowest BCUT2D eigenvalue weighted by molar-refractivity contribution is 0.283. The zero-order valence-corrected chi connectivity index (χ0v) is 22.7. The third kappa shape index (κ3) is 5.49. The van der Waals surface area contributed by atoms with Crippen molar-refractivity contribution in [2.75, 3.05) is 27.9 Å². The van der Waals surface area contributed by atoms with Gasteiger partial charge in [-0.3, -0.25) is 0 Å². The number of rotatable bonds is 9. The molecule has 0 saturated carbocycles. The van der Waals surface area contributed by atoms with E-state index in [4.69, 9.17) is 18.9 Å². The first-order chi connectivity index (χ1) is 16.9. The van der Waals surface area contributed by atoms with Crippen LogP contribution < -0.4 is 29.5 Å². The predicted octanol–water partition coefficient (Wildman–Crippen LogP) is 5.27. The van der Waals surface area contributed by atoms with Crippen LogP contribution in [0, 0.1) is 0 Å². The maximum atomic E-state index is 6.18.